The first-order valence-electron chi connectivity index (χ1n) is 12.3. The van der Waals surface area contributed by atoms with Crippen LogP contribution in [0.25, 0.3) is 0 Å². The molecule has 0 aromatic carbocycles. The van der Waals surface area contributed by atoms with E-state index in [0.717, 1.165) is 13.1 Å². The smallest absolute Gasteiger partial charge is 0.310 e. The van der Waals surface area contributed by atoms with Gasteiger partial charge in [0.25, 0.3) is 0 Å². The summed E-state index contributed by atoms with van der Waals surface area (Å²) in [4.78, 5) is 43.8. The molecule has 0 radical (unpaired) electrons. The van der Waals surface area contributed by atoms with Crippen LogP contribution >= 0.6 is 0 Å². The Hall–Kier alpha value is -1.97. The Morgan fingerprint density at radius 2 is 1.97 bits per heavy atom. The van der Waals surface area contributed by atoms with Crippen molar-refractivity contribution in [2.45, 2.75) is 45.7 Å². The second-order valence-corrected chi connectivity index (χ2v) is 9.02. The van der Waals surface area contributed by atoms with Gasteiger partial charge in [0.05, 0.1) is 44.3 Å². The van der Waals surface area contributed by atoms with Gasteiger partial charge in [-0.1, -0.05) is 26.0 Å². The number of carbonyl (C=O) groups is 3. The number of likely N-dealkylation sites (tertiary alicyclic amines) is 1. The first-order valence-corrected chi connectivity index (χ1v) is 12.3. The Morgan fingerprint density at radius 3 is 2.58 bits per heavy atom. The van der Waals surface area contributed by atoms with Crippen LogP contribution in [-0.4, -0.2) is 97.4 Å². The van der Waals surface area contributed by atoms with Gasteiger partial charge in [0.1, 0.15) is 6.04 Å². The van der Waals surface area contributed by atoms with Crippen LogP contribution in [0.1, 0.15) is 33.6 Å². The minimum absolute atomic E-state index is 0.117. The highest BCUT2D eigenvalue weighted by Gasteiger charge is 2.58. The molecule has 0 aromatic rings. The summed E-state index contributed by atoms with van der Waals surface area (Å²) in [5.74, 6) is -2.69. The molecule has 9 heteroatoms. The normalized spacial score (nSPS) is 30.7. The average molecular weight is 466 g/mol. The molecule has 0 unspecified atom stereocenters. The minimum Gasteiger partial charge on any atom is -0.466 e. The standard InChI is InChI=1S/C24H39N3O6/c1-4-16-7-8-18-20(19(16)24(31)33-6-3)23(30)27(17(5-2)15-28)21(18)22(29)25-9-10-26-11-13-32-14-12-26/h7-8,16-21,28H,4-6,9-15H2,1-3H3,(H,25,29)/t16-,17+,18+,19-,20-,21+/m1/s1. The largest absolute Gasteiger partial charge is 0.466 e. The third-order valence-corrected chi connectivity index (χ3v) is 7.25. The van der Waals surface area contributed by atoms with Crippen molar-refractivity contribution < 1.29 is 29.0 Å². The number of allylic oxidation sites excluding steroid dienone is 1. The van der Waals surface area contributed by atoms with E-state index < -0.39 is 29.8 Å². The van der Waals surface area contributed by atoms with Crippen LogP contribution in [0.3, 0.4) is 0 Å². The third-order valence-electron chi connectivity index (χ3n) is 7.25. The van der Waals surface area contributed by atoms with Gasteiger partial charge in [-0.2, -0.15) is 0 Å². The molecule has 0 aromatic heterocycles. The molecule has 2 heterocycles. The maximum atomic E-state index is 13.7. The van der Waals surface area contributed by atoms with E-state index >= 15 is 0 Å². The van der Waals surface area contributed by atoms with Crippen LogP contribution < -0.4 is 5.32 Å². The van der Waals surface area contributed by atoms with Crippen LogP contribution in [0, 0.1) is 23.7 Å². The number of esters is 1. The molecule has 33 heavy (non-hydrogen) atoms. The molecular formula is C24H39N3O6. The maximum absolute atomic E-state index is 13.7. The summed E-state index contributed by atoms with van der Waals surface area (Å²) in [6, 6.07) is -1.23. The zero-order valence-electron chi connectivity index (χ0n) is 20.1. The number of nitrogens with zero attached hydrogens (tertiary/aromatic N) is 2. The van der Waals surface area contributed by atoms with E-state index in [1.807, 2.05) is 26.0 Å². The van der Waals surface area contributed by atoms with Gasteiger partial charge in [0, 0.05) is 32.1 Å². The molecular weight excluding hydrogens is 426 g/mol. The molecule has 3 aliphatic rings. The van der Waals surface area contributed by atoms with Crippen LogP contribution in [0.15, 0.2) is 12.2 Å². The lowest BCUT2D eigenvalue weighted by Crippen LogP contribution is -2.53. The Morgan fingerprint density at radius 1 is 1.24 bits per heavy atom. The number of ether oxygens (including phenoxy) is 2. The van der Waals surface area contributed by atoms with Gasteiger partial charge in [-0.05, 0) is 25.7 Å². The minimum atomic E-state index is -0.754. The molecule has 9 nitrogen and oxygen atoms in total. The van der Waals surface area contributed by atoms with Crippen molar-refractivity contribution in [1.82, 2.24) is 15.1 Å². The number of aliphatic hydroxyl groups excluding tert-OH is 1. The quantitative estimate of drug-likeness (QED) is 0.356. The number of carbonyl (C=O) groups excluding carboxylic acids is 3. The summed E-state index contributed by atoms with van der Waals surface area (Å²) in [6.07, 6.45) is 5.12. The lowest BCUT2D eigenvalue weighted by Gasteiger charge is -2.34. The van der Waals surface area contributed by atoms with Crippen molar-refractivity contribution in [3.05, 3.63) is 12.2 Å². The first kappa shape index (κ1) is 25.6. The Balaban J connectivity index is 1.83. The molecule has 3 rings (SSSR count). The molecule has 1 aliphatic carbocycles. The number of fused-ring (bicyclic) bond motifs is 1. The molecule has 0 bridgehead atoms. The van der Waals surface area contributed by atoms with Gasteiger partial charge < -0.3 is 24.8 Å². The predicted molar refractivity (Wildman–Crippen MR) is 122 cm³/mol. The number of rotatable bonds is 10. The molecule has 2 N–H and O–H groups in total. The molecule has 2 aliphatic heterocycles. The fourth-order valence-corrected chi connectivity index (χ4v) is 5.47. The van der Waals surface area contributed by atoms with Gasteiger partial charge in [0.15, 0.2) is 0 Å². The summed E-state index contributed by atoms with van der Waals surface area (Å²) in [5, 5.41) is 13.0. The van der Waals surface area contributed by atoms with Gasteiger partial charge in [-0.25, -0.2) is 0 Å². The fraction of sp³-hybridized carbons (Fsp3) is 0.792. The van der Waals surface area contributed by atoms with Crippen LogP contribution in [0.4, 0.5) is 0 Å². The topological polar surface area (TPSA) is 108 Å². The summed E-state index contributed by atoms with van der Waals surface area (Å²) in [5.41, 5.74) is 0. The summed E-state index contributed by atoms with van der Waals surface area (Å²) < 4.78 is 10.7. The van der Waals surface area contributed by atoms with Gasteiger partial charge in [-0.3, -0.25) is 19.3 Å². The van der Waals surface area contributed by atoms with E-state index in [-0.39, 0.29) is 36.9 Å². The van der Waals surface area contributed by atoms with E-state index in [9.17, 15) is 19.5 Å². The Kier molecular flexibility index (Phi) is 9.28. The number of aliphatic hydroxyl groups is 1. The predicted octanol–water partition coefficient (Wildman–Crippen LogP) is 0.424. The fourth-order valence-electron chi connectivity index (χ4n) is 5.47. The highest BCUT2D eigenvalue weighted by atomic mass is 16.5. The number of morpholine rings is 1. The van der Waals surface area contributed by atoms with Crippen LogP contribution in [-0.2, 0) is 23.9 Å². The summed E-state index contributed by atoms with van der Waals surface area (Å²) in [7, 11) is 0. The number of hydrogen-bond donors (Lipinski definition) is 2. The molecule has 6 atom stereocenters. The Bertz CT molecular complexity index is 719. The summed E-state index contributed by atoms with van der Waals surface area (Å²) in [6.45, 7) is 9.85. The zero-order chi connectivity index (χ0) is 24.0. The molecule has 0 saturated carbocycles. The second-order valence-electron chi connectivity index (χ2n) is 9.02. The van der Waals surface area contributed by atoms with E-state index in [2.05, 4.69) is 10.2 Å². The average Bonchev–Trinajstić information content (AvgIpc) is 3.12. The van der Waals surface area contributed by atoms with Crippen LogP contribution in [0.5, 0.6) is 0 Å². The number of hydrogen-bond acceptors (Lipinski definition) is 7. The Labute approximate surface area is 196 Å². The highest BCUT2D eigenvalue weighted by molar-refractivity contribution is 5.96. The van der Waals surface area contributed by atoms with Crippen molar-refractivity contribution in [1.29, 1.82) is 0 Å². The summed E-state index contributed by atoms with van der Waals surface area (Å²) >= 11 is 0. The van der Waals surface area contributed by atoms with Gasteiger partial charge in [0.2, 0.25) is 11.8 Å². The van der Waals surface area contributed by atoms with Crippen molar-refractivity contribution in [2.75, 3.05) is 52.6 Å². The number of amides is 2. The molecule has 2 saturated heterocycles. The van der Waals surface area contributed by atoms with Crippen molar-refractivity contribution in [3.63, 3.8) is 0 Å². The van der Waals surface area contributed by atoms with Gasteiger partial charge in [-0.15, -0.1) is 0 Å². The van der Waals surface area contributed by atoms with E-state index in [4.69, 9.17) is 9.47 Å². The lowest BCUT2D eigenvalue weighted by molar-refractivity contribution is -0.156. The molecule has 186 valence electrons. The van der Waals surface area contributed by atoms with E-state index in [0.29, 0.717) is 39.1 Å². The molecule has 2 amide bonds. The number of nitrogens with one attached hydrogen (secondary N) is 1. The zero-order valence-corrected chi connectivity index (χ0v) is 20.1. The molecule has 0 spiro atoms. The van der Waals surface area contributed by atoms with Crippen molar-refractivity contribution >= 4 is 17.8 Å². The second kappa shape index (κ2) is 11.9. The van der Waals surface area contributed by atoms with Crippen molar-refractivity contribution in [2.24, 2.45) is 23.7 Å². The van der Waals surface area contributed by atoms with Gasteiger partial charge >= 0.3 is 5.97 Å². The van der Waals surface area contributed by atoms with E-state index in [1.165, 1.54) is 4.90 Å². The first-order chi connectivity index (χ1) is 16.0. The van der Waals surface area contributed by atoms with Crippen LogP contribution in [0.2, 0.25) is 0 Å². The third kappa shape index (κ3) is 5.41. The monoisotopic (exact) mass is 465 g/mol. The maximum Gasteiger partial charge on any atom is 0.310 e. The highest BCUT2D eigenvalue weighted by Crippen LogP contribution is 2.46. The van der Waals surface area contributed by atoms with Crippen molar-refractivity contribution in [3.8, 4) is 0 Å². The molecule has 2 fully saturated rings. The SMILES string of the molecule is CCOC(=O)[C@H]1[C@@H]2C(=O)N([C@@H](CC)CO)[C@H](C(=O)NCCN3CCOCC3)[C@H]2C=C[C@H]1CC. The lowest BCUT2D eigenvalue weighted by atomic mass is 9.69. The van der Waals surface area contributed by atoms with E-state index in [1.54, 1.807) is 6.92 Å².